The van der Waals surface area contributed by atoms with Gasteiger partial charge in [-0.25, -0.2) is 8.78 Å². The number of hydrogen-bond acceptors (Lipinski definition) is 3. The van der Waals surface area contributed by atoms with E-state index in [0.717, 1.165) is 5.69 Å². The largest absolute Gasteiger partial charge is 0.386 e. The maximum absolute atomic E-state index is 13.7. The van der Waals surface area contributed by atoms with Crippen molar-refractivity contribution in [2.24, 2.45) is 0 Å². The SMILES string of the molecule is CC.CNc1c(C)nnc(-c2c(F)cccc2F)c1C. The zero-order valence-electron chi connectivity index (χ0n) is 12.4. The lowest BCUT2D eigenvalue weighted by Crippen LogP contribution is -2.04. The van der Waals surface area contributed by atoms with E-state index in [2.05, 4.69) is 15.5 Å². The van der Waals surface area contributed by atoms with Crippen LogP contribution in [0.25, 0.3) is 11.3 Å². The second kappa shape index (κ2) is 6.93. The summed E-state index contributed by atoms with van der Waals surface area (Å²) in [6, 6.07) is 3.74. The first-order chi connectivity index (χ1) is 9.56. The van der Waals surface area contributed by atoms with Crippen molar-refractivity contribution in [2.75, 3.05) is 12.4 Å². The fraction of sp³-hybridized carbons (Fsp3) is 0.333. The van der Waals surface area contributed by atoms with Gasteiger partial charge in [0.15, 0.2) is 0 Å². The summed E-state index contributed by atoms with van der Waals surface area (Å²) in [4.78, 5) is 0. The molecule has 0 aliphatic rings. The molecule has 3 nitrogen and oxygen atoms in total. The first-order valence-electron chi connectivity index (χ1n) is 6.52. The van der Waals surface area contributed by atoms with Crippen LogP contribution >= 0.6 is 0 Å². The molecule has 20 heavy (non-hydrogen) atoms. The van der Waals surface area contributed by atoms with Crippen LogP contribution in [0, 0.1) is 25.5 Å². The lowest BCUT2D eigenvalue weighted by molar-refractivity contribution is 0.588. The molecule has 0 aliphatic carbocycles. The Morgan fingerprint density at radius 2 is 1.55 bits per heavy atom. The smallest absolute Gasteiger partial charge is 0.135 e. The quantitative estimate of drug-likeness (QED) is 0.899. The van der Waals surface area contributed by atoms with Crippen LogP contribution in [0.1, 0.15) is 25.1 Å². The number of nitrogens with one attached hydrogen (secondary N) is 1. The van der Waals surface area contributed by atoms with Gasteiger partial charge in [0, 0.05) is 12.6 Å². The maximum Gasteiger partial charge on any atom is 0.135 e. The van der Waals surface area contributed by atoms with Crippen LogP contribution in [0.4, 0.5) is 14.5 Å². The lowest BCUT2D eigenvalue weighted by atomic mass is 10.0. The van der Waals surface area contributed by atoms with Gasteiger partial charge in [0.05, 0.1) is 16.9 Å². The lowest BCUT2D eigenvalue weighted by Gasteiger charge is -2.12. The summed E-state index contributed by atoms with van der Waals surface area (Å²) >= 11 is 0. The second-order valence-corrected chi connectivity index (χ2v) is 3.98. The van der Waals surface area contributed by atoms with Crippen LogP contribution in [0.2, 0.25) is 0 Å². The average Bonchev–Trinajstić information content (AvgIpc) is 2.44. The number of benzene rings is 1. The molecule has 1 N–H and O–H groups in total. The van der Waals surface area contributed by atoms with E-state index < -0.39 is 11.6 Å². The molecule has 2 rings (SSSR count). The van der Waals surface area contributed by atoms with Gasteiger partial charge >= 0.3 is 0 Å². The van der Waals surface area contributed by atoms with E-state index in [1.807, 2.05) is 13.8 Å². The minimum absolute atomic E-state index is 0.140. The Morgan fingerprint density at radius 3 is 2.05 bits per heavy atom. The Kier molecular flexibility index (Phi) is 5.55. The van der Waals surface area contributed by atoms with Crippen molar-refractivity contribution in [3.05, 3.63) is 41.1 Å². The zero-order valence-corrected chi connectivity index (χ0v) is 12.4. The highest BCUT2D eigenvalue weighted by Gasteiger charge is 2.18. The molecule has 0 radical (unpaired) electrons. The number of rotatable bonds is 2. The minimum Gasteiger partial charge on any atom is -0.386 e. The molecule has 0 unspecified atom stereocenters. The molecule has 0 aliphatic heterocycles. The molecule has 0 atom stereocenters. The van der Waals surface area contributed by atoms with Crippen molar-refractivity contribution >= 4 is 5.69 Å². The van der Waals surface area contributed by atoms with Gasteiger partial charge in [-0.1, -0.05) is 19.9 Å². The molecule has 0 amide bonds. The summed E-state index contributed by atoms with van der Waals surface area (Å²) in [5.41, 5.74) is 2.19. The summed E-state index contributed by atoms with van der Waals surface area (Å²) in [6.07, 6.45) is 0. The number of hydrogen-bond donors (Lipinski definition) is 1. The minimum atomic E-state index is -0.640. The van der Waals surface area contributed by atoms with E-state index in [1.165, 1.54) is 18.2 Å². The Hall–Kier alpha value is -2.04. The fourth-order valence-electron chi connectivity index (χ4n) is 1.97. The summed E-state index contributed by atoms with van der Waals surface area (Å²) in [5.74, 6) is -1.28. The molecular weight excluding hydrogens is 260 g/mol. The van der Waals surface area contributed by atoms with Gasteiger partial charge in [-0.3, -0.25) is 0 Å². The number of aryl methyl sites for hydroxylation is 1. The van der Waals surface area contributed by atoms with Gasteiger partial charge in [0.25, 0.3) is 0 Å². The van der Waals surface area contributed by atoms with Crippen molar-refractivity contribution in [1.82, 2.24) is 10.2 Å². The number of aromatic nitrogens is 2. The third-order valence-electron chi connectivity index (χ3n) is 2.84. The Morgan fingerprint density at radius 1 is 1.00 bits per heavy atom. The average molecular weight is 279 g/mol. The fourth-order valence-corrected chi connectivity index (χ4v) is 1.97. The summed E-state index contributed by atoms with van der Waals surface area (Å²) in [5, 5.41) is 10.8. The molecular formula is C15H19F2N3. The number of nitrogens with zero attached hydrogens (tertiary/aromatic N) is 2. The van der Waals surface area contributed by atoms with E-state index >= 15 is 0 Å². The predicted molar refractivity (Wildman–Crippen MR) is 77.8 cm³/mol. The first-order valence-corrected chi connectivity index (χ1v) is 6.52. The van der Waals surface area contributed by atoms with Crippen molar-refractivity contribution < 1.29 is 8.78 Å². The van der Waals surface area contributed by atoms with Crippen molar-refractivity contribution in [1.29, 1.82) is 0 Å². The van der Waals surface area contributed by atoms with Crippen molar-refractivity contribution in [3.63, 3.8) is 0 Å². The van der Waals surface area contributed by atoms with Crippen LogP contribution in [0.5, 0.6) is 0 Å². The van der Waals surface area contributed by atoms with Gasteiger partial charge in [-0.2, -0.15) is 5.10 Å². The third-order valence-corrected chi connectivity index (χ3v) is 2.84. The standard InChI is InChI=1S/C13H13F2N3.C2H6/c1-7-12(16-3)8(2)17-18-13(7)11-9(14)5-4-6-10(11)15;1-2/h4-6H,1-3H3,(H,16,18);1-2H3. The topological polar surface area (TPSA) is 37.8 Å². The zero-order chi connectivity index (χ0) is 15.3. The monoisotopic (exact) mass is 279 g/mol. The van der Waals surface area contributed by atoms with E-state index in [1.54, 1.807) is 20.9 Å². The van der Waals surface area contributed by atoms with E-state index in [4.69, 9.17) is 0 Å². The normalized spacial score (nSPS) is 9.75. The molecule has 0 saturated heterocycles. The third kappa shape index (κ3) is 2.92. The molecule has 2 aromatic rings. The van der Waals surface area contributed by atoms with Crippen LogP contribution in [0.3, 0.4) is 0 Å². The highest BCUT2D eigenvalue weighted by atomic mass is 19.1. The molecule has 0 fully saturated rings. The second-order valence-electron chi connectivity index (χ2n) is 3.98. The molecule has 0 bridgehead atoms. The Labute approximate surface area is 118 Å². The van der Waals surface area contributed by atoms with Gasteiger partial charge < -0.3 is 5.32 Å². The highest BCUT2D eigenvalue weighted by molar-refractivity contribution is 5.71. The molecule has 1 aromatic heterocycles. The number of halogens is 2. The van der Waals surface area contributed by atoms with Crippen LogP contribution < -0.4 is 5.32 Å². The summed E-state index contributed by atoms with van der Waals surface area (Å²) < 4.78 is 27.4. The molecule has 1 heterocycles. The van der Waals surface area contributed by atoms with Crippen LogP contribution in [0.15, 0.2) is 18.2 Å². The summed E-state index contributed by atoms with van der Waals surface area (Å²) in [7, 11) is 1.73. The highest BCUT2D eigenvalue weighted by Crippen LogP contribution is 2.30. The van der Waals surface area contributed by atoms with Crippen LogP contribution in [-0.2, 0) is 0 Å². The van der Waals surface area contributed by atoms with Gasteiger partial charge in [-0.05, 0) is 26.0 Å². The van der Waals surface area contributed by atoms with Crippen molar-refractivity contribution in [2.45, 2.75) is 27.7 Å². The Balaban J connectivity index is 0.000000956. The summed E-state index contributed by atoms with van der Waals surface area (Å²) in [6.45, 7) is 7.54. The predicted octanol–water partition coefficient (Wildman–Crippen LogP) is 4.11. The van der Waals surface area contributed by atoms with E-state index in [0.29, 0.717) is 11.3 Å². The first kappa shape index (κ1) is 16.0. The van der Waals surface area contributed by atoms with Gasteiger partial charge in [-0.15, -0.1) is 5.10 Å². The van der Waals surface area contributed by atoms with E-state index in [-0.39, 0.29) is 11.3 Å². The van der Waals surface area contributed by atoms with Crippen LogP contribution in [-0.4, -0.2) is 17.2 Å². The molecule has 0 spiro atoms. The van der Waals surface area contributed by atoms with Gasteiger partial charge in [0.1, 0.15) is 17.3 Å². The molecule has 108 valence electrons. The van der Waals surface area contributed by atoms with Gasteiger partial charge in [0.2, 0.25) is 0 Å². The number of anilines is 1. The van der Waals surface area contributed by atoms with Crippen molar-refractivity contribution in [3.8, 4) is 11.3 Å². The maximum atomic E-state index is 13.7. The van der Waals surface area contributed by atoms with E-state index in [9.17, 15) is 8.78 Å². The molecule has 1 aromatic carbocycles. The molecule has 5 heteroatoms. The molecule has 0 saturated carbocycles. The Bertz CT molecular complexity index is 578.